The molecule has 22 heavy (non-hydrogen) atoms. The van der Waals surface area contributed by atoms with E-state index in [0.29, 0.717) is 0 Å². The Kier molecular flexibility index (Phi) is 5.05. The molecule has 0 bridgehead atoms. The number of amides is 1. The number of carbonyl (C=O) groups excluding carboxylic acids is 2. The lowest BCUT2D eigenvalue weighted by atomic mass is 10.1. The van der Waals surface area contributed by atoms with Crippen LogP contribution in [0.25, 0.3) is 0 Å². The van der Waals surface area contributed by atoms with Crippen molar-refractivity contribution >= 4 is 17.6 Å². The number of carbonyl (C=O) groups is 2. The van der Waals surface area contributed by atoms with Crippen molar-refractivity contribution in [1.29, 1.82) is 0 Å². The van der Waals surface area contributed by atoms with E-state index in [1.165, 1.54) is 6.92 Å². The molecule has 10 heteroatoms. The number of anilines is 1. The topological polar surface area (TPSA) is 55.4 Å². The number of nitrogens with one attached hydrogen (secondary N) is 1. The normalized spacial score (nSPS) is 12.0. The third-order valence-corrected chi connectivity index (χ3v) is 2.31. The molecule has 0 spiro atoms. The molecule has 1 amide bonds. The van der Waals surface area contributed by atoms with Gasteiger partial charge >= 0.3 is 24.2 Å². The zero-order chi connectivity index (χ0) is 17.1. The fraction of sp³-hybridized carbons (Fsp3) is 0.333. The van der Waals surface area contributed by atoms with Gasteiger partial charge in [-0.3, -0.25) is 4.79 Å². The molecule has 1 aromatic carbocycles. The number of alkyl halides is 6. The van der Waals surface area contributed by atoms with Crippen molar-refractivity contribution in [2.45, 2.75) is 19.3 Å². The summed E-state index contributed by atoms with van der Waals surface area (Å²) in [4.78, 5) is 22.3. The maximum Gasteiger partial charge on any atom is 0.416 e. The highest BCUT2D eigenvalue weighted by Crippen LogP contribution is 2.37. The molecule has 0 atom stereocenters. The first kappa shape index (κ1) is 17.8. The maximum atomic E-state index is 12.6. The van der Waals surface area contributed by atoms with Crippen LogP contribution >= 0.6 is 0 Å². The van der Waals surface area contributed by atoms with Crippen LogP contribution in [0.1, 0.15) is 18.1 Å². The van der Waals surface area contributed by atoms with Crippen LogP contribution in [0, 0.1) is 0 Å². The van der Waals surface area contributed by atoms with Crippen LogP contribution in [0.2, 0.25) is 0 Å². The van der Waals surface area contributed by atoms with Crippen LogP contribution in [-0.4, -0.2) is 18.5 Å². The molecule has 0 aromatic heterocycles. The molecule has 0 aliphatic rings. The second kappa shape index (κ2) is 6.24. The van der Waals surface area contributed by atoms with Gasteiger partial charge in [-0.2, -0.15) is 26.3 Å². The summed E-state index contributed by atoms with van der Waals surface area (Å²) in [6.07, 6.45) is -10.1. The third-order valence-electron chi connectivity index (χ3n) is 2.31. The Balaban J connectivity index is 3.19. The van der Waals surface area contributed by atoms with Crippen molar-refractivity contribution in [3.05, 3.63) is 29.3 Å². The maximum absolute atomic E-state index is 12.6. The Hall–Kier alpha value is -2.26. The van der Waals surface area contributed by atoms with Crippen LogP contribution in [0.5, 0.6) is 0 Å². The molecule has 4 nitrogen and oxygen atoms in total. The molecule has 0 fully saturated rings. The number of benzene rings is 1. The number of hydrogen-bond acceptors (Lipinski definition) is 3. The van der Waals surface area contributed by atoms with Crippen molar-refractivity contribution in [3.63, 3.8) is 0 Å². The number of esters is 1. The first-order valence-electron chi connectivity index (χ1n) is 5.72. The quantitative estimate of drug-likeness (QED) is 0.515. The Morgan fingerprint density at radius 2 is 1.45 bits per heavy atom. The van der Waals surface area contributed by atoms with Gasteiger partial charge in [0.15, 0.2) is 0 Å². The van der Waals surface area contributed by atoms with Gasteiger partial charge in [0, 0.05) is 5.69 Å². The van der Waals surface area contributed by atoms with Gasteiger partial charge in [-0.25, -0.2) is 4.79 Å². The summed E-state index contributed by atoms with van der Waals surface area (Å²) in [6.45, 7) is 1.19. The van der Waals surface area contributed by atoms with E-state index in [2.05, 4.69) is 4.74 Å². The highest BCUT2D eigenvalue weighted by Gasteiger charge is 2.37. The fourth-order valence-electron chi connectivity index (χ4n) is 1.41. The van der Waals surface area contributed by atoms with Gasteiger partial charge in [0.1, 0.15) is 0 Å². The summed E-state index contributed by atoms with van der Waals surface area (Å²) in [7, 11) is 0. The molecule has 1 aromatic rings. The standard InChI is InChI=1S/C12H9F6NO3/c1-2-22-10(21)9(20)19-8-4-6(11(13,14)15)3-7(5-8)12(16,17)18/h3-5H,2H2,1H3,(H,19,20). The number of rotatable bonds is 2. The van der Waals surface area contributed by atoms with Gasteiger partial charge in [-0.15, -0.1) is 0 Å². The predicted octanol–water partition coefficient (Wildman–Crippen LogP) is 3.23. The lowest BCUT2D eigenvalue weighted by Gasteiger charge is -2.14. The minimum absolute atomic E-state index is 0.0972. The molecule has 0 radical (unpaired) electrons. The summed E-state index contributed by atoms with van der Waals surface area (Å²) in [5.74, 6) is -2.90. The van der Waals surface area contributed by atoms with Crippen LogP contribution in [0.3, 0.4) is 0 Å². The highest BCUT2D eigenvalue weighted by atomic mass is 19.4. The minimum atomic E-state index is -5.05. The molecular weight excluding hydrogens is 320 g/mol. The third kappa shape index (κ3) is 4.64. The van der Waals surface area contributed by atoms with Crippen molar-refractivity contribution in [2.75, 3.05) is 11.9 Å². The summed E-state index contributed by atoms with van der Waals surface area (Å²) in [5.41, 5.74) is -4.04. The zero-order valence-corrected chi connectivity index (χ0v) is 10.9. The lowest BCUT2D eigenvalue weighted by molar-refractivity contribution is -0.152. The van der Waals surface area contributed by atoms with E-state index < -0.39 is 41.0 Å². The van der Waals surface area contributed by atoms with E-state index >= 15 is 0 Å². The van der Waals surface area contributed by atoms with E-state index in [9.17, 15) is 35.9 Å². The summed E-state index contributed by atoms with van der Waals surface area (Å²) >= 11 is 0. The lowest BCUT2D eigenvalue weighted by Crippen LogP contribution is -2.25. The van der Waals surface area contributed by atoms with Gasteiger partial charge in [0.25, 0.3) is 0 Å². The second-order valence-electron chi connectivity index (χ2n) is 3.97. The van der Waals surface area contributed by atoms with E-state index in [1.54, 1.807) is 5.32 Å². The predicted molar refractivity (Wildman–Crippen MR) is 61.7 cm³/mol. The van der Waals surface area contributed by atoms with Crippen molar-refractivity contribution in [1.82, 2.24) is 0 Å². The van der Waals surface area contributed by atoms with Crippen LogP contribution in [-0.2, 0) is 26.7 Å². The van der Waals surface area contributed by atoms with Crippen molar-refractivity contribution in [3.8, 4) is 0 Å². The van der Waals surface area contributed by atoms with Gasteiger partial charge in [-0.05, 0) is 25.1 Å². The molecule has 0 heterocycles. The molecule has 0 unspecified atom stereocenters. The van der Waals surface area contributed by atoms with E-state index in [0.717, 1.165) is 0 Å². The molecule has 1 N–H and O–H groups in total. The summed E-state index contributed by atoms with van der Waals surface area (Å²) in [5, 5.41) is 1.64. The average molecular weight is 329 g/mol. The Bertz CT molecular complexity index is 547. The number of ether oxygens (including phenoxy) is 1. The Morgan fingerprint density at radius 3 is 1.82 bits per heavy atom. The first-order chi connectivity index (χ1) is 9.95. The minimum Gasteiger partial charge on any atom is -0.459 e. The van der Waals surface area contributed by atoms with E-state index in [-0.39, 0.29) is 24.8 Å². The highest BCUT2D eigenvalue weighted by molar-refractivity contribution is 6.37. The molecular formula is C12H9F6NO3. The molecule has 1 rings (SSSR count). The van der Waals surface area contributed by atoms with Crippen LogP contribution in [0.4, 0.5) is 32.0 Å². The molecule has 0 saturated heterocycles. The first-order valence-corrected chi connectivity index (χ1v) is 5.72. The smallest absolute Gasteiger partial charge is 0.416 e. The largest absolute Gasteiger partial charge is 0.459 e. The SMILES string of the molecule is CCOC(=O)C(=O)Nc1cc(C(F)(F)F)cc(C(F)(F)F)c1. The van der Waals surface area contributed by atoms with Crippen molar-refractivity contribution in [2.24, 2.45) is 0 Å². The second-order valence-corrected chi connectivity index (χ2v) is 3.97. The molecule has 0 aliphatic carbocycles. The fourth-order valence-corrected chi connectivity index (χ4v) is 1.41. The van der Waals surface area contributed by atoms with Crippen LogP contribution < -0.4 is 5.32 Å². The number of hydrogen-bond donors (Lipinski definition) is 1. The van der Waals surface area contributed by atoms with Gasteiger partial charge in [-0.1, -0.05) is 0 Å². The van der Waals surface area contributed by atoms with E-state index in [4.69, 9.17) is 0 Å². The Morgan fingerprint density at radius 1 is 1.00 bits per heavy atom. The number of halogens is 6. The van der Waals surface area contributed by atoms with Gasteiger partial charge in [0.05, 0.1) is 17.7 Å². The van der Waals surface area contributed by atoms with Gasteiger partial charge < -0.3 is 10.1 Å². The summed E-state index contributed by atoms with van der Waals surface area (Å²) in [6, 6.07) is 0.471. The van der Waals surface area contributed by atoms with Gasteiger partial charge in [0.2, 0.25) is 0 Å². The molecule has 122 valence electrons. The van der Waals surface area contributed by atoms with E-state index in [1.807, 2.05) is 0 Å². The molecule has 0 aliphatic heterocycles. The zero-order valence-electron chi connectivity index (χ0n) is 10.9. The summed E-state index contributed by atoms with van der Waals surface area (Å²) < 4.78 is 79.8. The van der Waals surface area contributed by atoms with Crippen molar-refractivity contribution < 1.29 is 40.7 Å². The average Bonchev–Trinajstić information content (AvgIpc) is 2.36. The Labute approximate surface area is 120 Å². The monoisotopic (exact) mass is 329 g/mol. The van der Waals surface area contributed by atoms with Crippen LogP contribution in [0.15, 0.2) is 18.2 Å². The molecule has 0 saturated carbocycles.